The molecule has 7 aromatic carbocycles. The molecule has 1 aliphatic carbocycles. The van der Waals surface area contributed by atoms with Crippen LogP contribution in [0.25, 0.3) is 76.9 Å². The molecule has 1 heterocycles. The highest BCUT2D eigenvalue weighted by atomic mass is 16.3. The van der Waals surface area contributed by atoms with E-state index < -0.39 is 0 Å². The Morgan fingerprint density at radius 1 is 0.442 bits per heavy atom. The number of hydrogen-bond acceptors (Lipinski definition) is 1. The monoisotopic (exact) mass is 550 g/mol. The Hall–Kier alpha value is -5.14. The van der Waals surface area contributed by atoms with Crippen LogP contribution in [-0.2, 0) is 5.41 Å². The average molecular weight is 551 g/mol. The van der Waals surface area contributed by atoms with E-state index in [1.165, 1.54) is 71.6 Å². The topological polar surface area (TPSA) is 13.1 Å². The van der Waals surface area contributed by atoms with Gasteiger partial charge in [-0.15, -0.1) is 0 Å². The van der Waals surface area contributed by atoms with Gasteiger partial charge in [0.15, 0.2) is 0 Å². The molecule has 0 saturated heterocycles. The van der Waals surface area contributed by atoms with Crippen LogP contribution in [0.3, 0.4) is 0 Å². The molecule has 0 saturated carbocycles. The van der Waals surface area contributed by atoms with Crippen molar-refractivity contribution >= 4 is 43.5 Å². The first-order valence-electron chi connectivity index (χ1n) is 15.1. The summed E-state index contributed by atoms with van der Waals surface area (Å²) >= 11 is 0. The second-order valence-corrected chi connectivity index (χ2v) is 12.6. The molecule has 1 aromatic heterocycles. The second-order valence-electron chi connectivity index (χ2n) is 12.6. The van der Waals surface area contributed by atoms with E-state index in [4.69, 9.17) is 4.42 Å². The number of hydrogen-bond donors (Lipinski definition) is 0. The number of furan rings is 1. The van der Waals surface area contributed by atoms with E-state index in [1.807, 2.05) is 12.1 Å². The largest absolute Gasteiger partial charge is 0.456 e. The Labute approximate surface area is 251 Å². The lowest BCUT2D eigenvalue weighted by atomic mass is 9.81. The zero-order valence-electron chi connectivity index (χ0n) is 24.5. The highest BCUT2D eigenvalue weighted by Gasteiger charge is 2.35. The summed E-state index contributed by atoms with van der Waals surface area (Å²) in [5.41, 5.74) is 13.7. The summed E-state index contributed by atoms with van der Waals surface area (Å²) in [6, 6.07) is 46.9. The molecule has 1 aliphatic rings. The fourth-order valence-corrected chi connectivity index (χ4v) is 7.67. The Bertz CT molecular complexity index is 2440. The van der Waals surface area contributed by atoms with Crippen LogP contribution < -0.4 is 0 Å². The van der Waals surface area contributed by atoms with Gasteiger partial charge in [0.2, 0.25) is 0 Å². The van der Waals surface area contributed by atoms with E-state index >= 15 is 0 Å². The maximum atomic E-state index is 6.19. The van der Waals surface area contributed by atoms with Crippen LogP contribution in [0.5, 0.6) is 0 Å². The van der Waals surface area contributed by atoms with Crippen LogP contribution in [0.15, 0.2) is 132 Å². The highest BCUT2D eigenvalue weighted by molar-refractivity contribution is 6.22. The first-order chi connectivity index (χ1) is 21.0. The molecular formula is C42H30O. The van der Waals surface area contributed by atoms with Crippen molar-refractivity contribution in [3.63, 3.8) is 0 Å². The van der Waals surface area contributed by atoms with Crippen LogP contribution in [0.1, 0.15) is 30.5 Å². The van der Waals surface area contributed by atoms with Crippen molar-refractivity contribution in [1.82, 2.24) is 0 Å². The molecule has 0 atom stereocenters. The molecule has 9 rings (SSSR count). The molecule has 43 heavy (non-hydrogen) atoms. The number of benzene rings is 7. The van der Waals surface area contributed by atoms with Gasteiger partial charge in [0.05, 0.1) is 0 Å². The molecule has 8 aromatic rings. The fraction of sp³-hybridized carbons (Fsp3) is 0.0952. The molecule has 0 spiro atoms. The second kappa shape index (κ2) is 8.69. The lowest BCUT2D eigenvalue weighted by molar-refractivity contribution is 0.660. The van der Waals surface area contributed by atoms with Crippen LogP contribution in [-0.4, -0.2) is 0 Å². The third-order valence-electron chi connectivity index (χ3n) is 9.72. The van der Waals surface area contributed by atoms with Gasteiger partial charge in [0.25, 0.3) is 0 Å². The van der Waals surface area contributed by atoms with E-state index in [2.05, 4.69) is 136 Å². The molecule has 0 amide bonds. The van der Waals surface area contributed by atoms with Crippen LogP contribution >= 0.6 is 0 Å². The SMILES string of the molecule is Cc1ccc2c(-c3ccc4oc5ccccc5c4c3)c3ccccc3c(-c3ccc4c(c3)-c3ccccc3C4(C)C)c2c1. The van der Waals surface area contributed by atoms with Gasteiger partial charge < -0.3 is 4.42 Å². The van der Waals surface area contributed by atoms with Gasteiger partial charge >= 0.3 is 0 Å². The summed E-state index contributed by atoms with van der Waals surface area (Å²) in [4.78, 5) is 0. The summed E-state index contributed by atoms with van der Waals surface area (Å²) in [5.74, 6) is 0. The Balaban J connectivity index is 1.37. The molecule has 0 unspecified atom stereocenters. The summed E-state index contributed by atoms with van der Waals surface area (Å²) in [6.07, 6.45) is 0. The Morgan fingerprint density at radius 2 is 1.05 bits per heavy atom. The van der Waals surface area contributed by atoms with Crippen molar-refractivity contribution in [1.29, 1.82) is 0 Å². The van der Waals surface area contributed by atoms with E-state index in [9.17, 15) is 0 Å². The van der Waals surface area contributed by atoms with Crippen molar-refractivity contribution in [2.75, 3.05) is 0 Å². The predicted molar refractivity (Wildman–Crippen MR) is 182 cm³/mol. The Morgan fingerprint density at radius 3 is 1.88 bits per heavy atom. The molecule has 0 bridgehead atoms. The highest BCUT2D eigenvalue weighted by Crippen LogP contribution is 2.51. The van der Waals surface area contributed by atoms with Gasteiger partial charge in [-0.25, -0.2) is 0 Å². The first-order valence-corrected chi connectivity index (χ1v) is 15.1. The number of aryl methyl sites for hydroxylation is 1. The minimum absolute atomic E-state index is 0.00899. The van der Waals surface area contributed by atoms with E-state index in [0.29, 0.717) is 0 Å². The van der Waals surface area contributed by atoms with Gasteiger partial charge in [-0.05, 0) is 97.2 Å². The lowest BCUT2D eigenvalue weighted by Gasteiger charge is -2.22. The maximum Gasteiger partial charge on any atom is 0.135 e. The average Bonchev–Trinajstić information content (AvgIpc) is 3.51. The third-order valence-corrected chi connectivity index (χ3v) is 9.72. The number of para-hydroxylation sites is 1. The quantitative estimate of drug-likeness (QED) is 0.195. The van der Waals surface area contributed by atoms with E-state index in [0.717, 1.165) is 21.9 Å². The maximum absolute atomic E-state index is 6.19. The van der Waals surface area contributed by atoms with Crippen molar-refractivity contribution in [3.05, 3.63) is 144 Å². The summed E-state index contributed by atoms with van der Waals surface area (Å²) in [7, 11) is 0. The molecule has 204 valence electrons. The molecule has 0 N–H and O–H groups in total. The number of rotatable bonds is 2. The predicted octanol–water partition coefficient (Wildman–Crippen LogP) is 11.8. The van der Waals surface area contributed by atoms with Gasteiger partial charge in [-0.1, -0.05) is 123 Å². The van der Waals surface area contributed by atoms with Gasteiger partial charge in [0, 0.05) is 16.2 Å². The summed E-state index contributed by atoms with van der Waals surface area (Å²) < 4.78 is 6.19. The van der Waals surface area contributed by atoms with Crippen molar-refractivity contribution in [2.24, 2.45) is 0 Å². The van der Waals surface area contributed by atoms with Crippen molar-refractivity contribution in [3.8, 4) is 33.4 Å². The first kappa shape index (κ1) is 24.5. The van der Waals surface area contributed by atoms with Gasteiger partial charge in [0.1, 0.15) is 11.2 Å². The Kier molecular flexibility index (Phi) is 4.94. The lowest BCUT2D eigenvalue weighted by Crippen LogP contribution is -2.14. The molecule has 0 fully saturated rings. The molecule has 1 nitrogen and oxygen atoms in total. The normalized spacial score (nSPS) is 13.7. The number of fused-ring (bicyclic) bond motifs is 8. The summed E-state index contributed by atoms with van der Waals surface area (Å²) in [6.45, 7) is 6.89. The van der Waals surface area contributed by atoms with E-state index in [-0.39, 0.29) is 5.41 Å². The standard InChI is InChI=1S/C42H30O/c1-25-16-19-32-35(22-25)41(26-17-20-37-33(23-26)28-10-6-8-14-36(28)42(37,2)3)31-13-5-4-12-30(31)40(32)27-18-21-39-34(24-27)29-11-7-9-15-38(29)43-39/h4-24H,1-3H3. The zero-order chi connectivity index (χ0) is 28.9. The van der Waals surface area contributed by atoms with Gasteiger partial charge in [-0.2, -0.15) is 0 Å². The zero-order valence-corrected chi connectivity index (χ0v) is 24.5. The van der Waals surface area contributed by atoms with Crippen LogP contribution in [0, 0.1) is 6.92 Å². The molecule has 0 aliphatic heterocycles. The van der Waals surface area contributed by atoms with E-state index in [1.54, 1.807) is 0 Å². The van der Waals surface area contributed by atoms with Crippen LogP contribution in [0.4, 0.5) is 0 Å². The van der Waals surface area contributed by atoms with Gasteiger partial charge in [-0.3, -0.25) is 0 Å². The van der Waals surface area contributed by atoms with Crippen LogP contribution in [0.2, 0.25) is 0 Å². The van der Waals surface area contributed by atoms with Crippen molar-refractivity contribution < 1.29 is 4.42 Å². The minimum Gasteiger partial charge on any atom is -0.456 e. The smallest absolute Gasteiger partial charge is 0.135 e. The summed E-state index contributed by atoms with van der Waals surface area (Å²) in [5, 5.41) is 7.41. The fourth-order valence-electron chi connectivity index (χ4n) is 7.67. The molecule has 1 heteroatoms. The minimum atomic E-state index is -0.00899. The third kappa shape index (κ3) is 3.40. The molecule has 0 radical (unpaired) electrons. The van der Waals surface area contributed by atoms with Crippen molar-refractivity contribution in [2.45, 2.75) is 26.2 Å². The molecular weight excluding hydrogens is 520 g/mol.